The molecule has 1 nitrogen and oxygen atoms in total. The Balaban J connectivity index is -0.00000000500. The SMILES string of the molecule is [O]=[Zr].[PbH2].[Ti]. The monoisotopic (exact) mass is 364 g/mol. The van der Waals surface area contributed by atoms with E-state index in [9.17, 15) is 0 Å². The third-order valence-electron chi connectivity index (χ3n) is 0. The molecule has 0 aromatic heterocycles. The molecule has 0 spiro atoms. The maximum atomic E-state index is 8.34. The van der Waals surface area contributed by atoms with Gasteiger partial charge in [0.15, 0.2) is 0 Å². The summed E-state index contributed by atoms with van der Waals surface area (Å²) in [7, 11) is 0. The van der Waals surface area contributed by atoms with Gasteiger partial charge in [-0.3, -0.25) is 0 Å². The van der Waals surface area contributed by atoms with Crippen molar-refractivity contribution >= 4 is 27.3 Å². The number of hydrogen-bond donors (Lipinski definition) is 0. The summed E-state index contributed by atoms with van der Waals surface area (Å²) in [6.45, 7) is 0. The van der Waals surface area contributed by atoms with E-state index < -0.39 is 0 Å². The van der Waals surface area contributed by atoms with E-state index in [2.05, 4.69) is 0 Å². The fourth-order valence-electron chi connectivity index (χ4n) is 0. The molecule has 4 heavy (non-hydrogen) atoms. The van der Waals surface area contributed by atoms with Crippen LogP contribution in [-0.2, 0) is 49.3 Å². The third-order valence-corrected chi connectivity index (χ3v) is 0. The van der Waals surface area contributed by atoms with E-state index in [1.54, 1.807) is 0 Å². The van der Waals surface area contributed by atoms with Crippen LogP contribution >= 0.6 is 0 Å². The molecule has 0 saturated carbocycles. The predicted octanol–water partition coefficient (Wildman–Crippen LogP) is -1.04. The standard InChI is InChI=1S/O.Pb.Ti.Zr.2H. The van der Waals surface area contributed by atoms with Crippen molar-refractivity contribution in [3.05, 3.63) is 0 Å². The van der Waals surface area contributed by atoms with Gasteiger partial charge in [-0.2, -0.15) is 0 Å². The molecule has 20 valence electrons. The van der Waals surface area contributed by atoms with E-state index in [0.29, 0.717) is 24.7 Å². The van der Waals surface area contributed by atoms with Gasteiger partial charge in [0.05, 0.1) is 0 Å². The molecule has 0 unspecified atom stereocenters. The van der Waals surface area contributed by atoms with Gasteiger partial charge in [0, 0.05) is 21.7 Å². The maximum Gasteiger partial charge on any atom is 0 e. The second-order valence-electron chi connectivity index (χ2n) is 0. The fraction of sp³-hybridized carbons (Fsp3) is 0. The minimum Gasteiger partial charge on any atom is 0 e. The summed E-state index contributed by atoms with van der Waals surface area (Å²) < 4.78 is 8.34. The minimum atomic E-state index is 0. The van der Waals surface area contributed by atoms with Crippen LogP contribution in [0.2, 0.25) is 0 Å². The molecule has 0 heterocycles. The first-order valence-corrected chi connectivity index (χ1v) is 1.21. The Kier molecular flexibility index (Phi) is 74.8. The first-order chi connectivity index (χ1) is 1.00. The van der Waals surface area contributed by atoms with Crippen molar-refractivity contribution in [1.29, 1.82) is 0 Å². The first kappa shape index (κ1) is 16.2. The summed E-state index contributed by atoms with van der Waals surface area (Å²) in [5.74, 6) is 0. The number of rotatable bonds is 0. The minimum absolute atomic E-state index is 0. The Morgan fingerprint density at radius 1 is 1.25 bits per heavy atom. The average Bonchev–Trinajstić information content (AvgIpc) is 1.00. The van der Waals surface area contributed by atoms with Crippen molar-refractivity contribution in [2.24, 2.45) is 0 Å². The van der Waals surface area contributed by atoms with Gasteiger partial charge in [-0.25, -0.2) is 0 Å². The van der Waals surface area contributed by atoms with Crippen LogP contribution in [-0.4, -0.2) is 27.3 Å². The molecule has 0 aliphatic heterocycles. The van der Waals surface area contributed by atoms with Crippen molar-refractivity contribution in [2.75, 3.05) is 0 Å². The van der Waals surface area contributed by atoms with Crippen LogP contribution in [0.4, 0.5) is 0 Å². The van der Waals surface area contributed by atoms with E-state index in [1.165, 1.54) is 0 Å². The zero-order valence-electron chi connectivity index (χ0n) is 2.12. The van der Waals surface area contributed by atoms with Crippen LogP contribution in [0.5, 0.6) is 0 Å². The van der Waals surface area contributed by atoms with E-state index in [1.807, 2.05) is 0 Å². The molecule has 0 amide bonds. The van der Waals surface area contributed by atoms with Gasteiger partial charge < -0.3 is 0 Å². The van der Waals surface area contributed by atoms with Crippen LogP contribution in [0.25, 0.3) is 0 Å². The second kappa shape index (κ2) is 18.4. The summed E-state index contributed by atoms with van der Waals surface area (Å²) in [5, 5.41) is 0. The van der Waals surface area contributed by atoms with Gasteiger partial charge in [0.25, 0.3) is 0 Å². The van der Waals surface area contributed by atoms with Crippen LogP contribution in [0.3, 0.4) is 0 Å². The predicted molar refractivity (Wildman–Crippen MR) is 9.23 cm³/mol. The molecular weight excluding hydrogens is 362 g/mol. The summed E-state index contributed by atoms with van der Waals surface area (Å²) in [5.41, 5.74) is 0. The molecule has 0 atom stereocenters. The Morgan fingerprint density at radius 3 is 1.25 bits per heavy atom. The van der Waals surface area contributed by atoms with Gasteiger partial charge >= 0.3 is 54.8 Å². The first-order valence-electron chi connectivity index (χ1n) is 0.204. The summed E-state index contributed by atoms with van der Waals surface area (Å²) in [4.78, 5) is 0. The van der Waals surface area contributed by atoms with Gasteiger partial charge in [0.1, 0.15) is 0 Å². The molecule has 0 N–H and O–H groups in total. The van der Waals surface area contributed by atoms with Gasteiger partial charge in [-0.15, -0.1) is 0 Å². The van der Waals surface area contributed by atoms with Gasteiger partial charge in [-0.1, -0.05) is 0 Å². The topological polar surface area (TPSA) is 17.1 Å². The van der Waals surface area contributed by atoms with E-state index in [-0.39, 0.29) is 49.0 Å². The molecule has 0 aromatic carbocycles. The van der Waals surface area contributed by atoms with E-state index >= 15 is 0 Å². The van der Waals surface area contributed by atoms with Gasteiger partial charge in [0.2, 0.25) is 0 Å². The Labute approximate surface area is 75.2 Å². The number of hydrogen-bond acceptors (Lipinski definition) is 1. The average molecular weight is 364 g/mol. The summed E-state index contributed by atoms with van der Waals surface area (Å²) in [6, 6.07) is 0. The van der Waals surface area contributed by atoms with Crippen molar-refractivity contribution < 1.29 is 49.3 Å². The van der Waals surface area contributed by atoms with Crippen molar-refractivity contribution in [3.63, 3.8) is 0 Å². The Bertz CT molecular complexity index is 8.00. The van der Waals surface area contributed by atoms with Gasteiger partial charge in [-0.05, 0) is 0 Å². The molecule has 2 radical (unpaired) electrons. The molecular formula is H2OPbTiZr. The van der Waals surface area contributed by atoms with Crippen LogP contribution in [0.1, 0.15) is 0 Å². The largest absolute Gasteiger partial charge is 0 e. The maximum absolute atomic E-state index is 8.34. The third kappa shape index (κ3) is 8.85. The molecule has 0 saturated heterocycles. The molecule has 4 heteroatoms. The second-order valence-corrected chi connectivity index (χ2v) is 0. The summed E-state index contributed by atoms with van der Waals surface area (Å²) >= 11 is 0.300. The van der Waals surface area contributed by atoms with Crippen molar-refractivity contribution in [1.82, 2.24) is 0 Å². The molecule has 0 rings (SSSR count). The van der Waals surface area contributed by atoms with Crippen LogP contribution in [0, 0.1) is 0 Å². The normalized spacial score (nSPS) is 0.750. The van der Waals surface area contributed by atoms with Crippen molar-refractivity contribution in [3.8, 4) is 0 Å². The van der Waals surface area contributed by atoms with Crippen LogP contribution < -0.4 is 0 Å². The zero-order valence-corrected chi connectivity index (χ0v) is 11.6. The molecule has 0 aliphatic rings. The zero-order chi connectivity index (χ0) is 2.00. The van der Waals surface area contributed by atoms with Crippen LogP contribution in [0.15, 0.2) is 0 Å². The summed E-state index contributed by atoms with van der Waals surface area (Å²) in [6.07, 6.45) is 0. The Morgan fingerprint density at radius 2 is 1.25 bits per heavy atom. The molecule has 0 aliphatic carbocycles. The molecule has 0 aromatic rings. The molecule has 0 fully saturated rings. The smallest absolute Gasteiger partial charge is 0 e. The Hall–Kier alpha value is 2.32. The fourth-order valence-corrected chi connectivity index (χ4v) is 0. The quantitative estimate of drug-likeness (QED) is 0.502. The molecule has 0 bridgehead atoms. The van der Waals surface area contributed by atoms with Crippen molar-refractivity contribution in [2.45, 2.75) is 0 Å². The van der Waals surface area contributed by atoms with E-state index in [0.717, 1.165) is 0 Å². The van der Waals surface area contributed by atoms with E-state index in [4.69, 9.17) is 2.81 Å².